The number of halogens is 1. The zero-order chi connectivity index (χ0) is 10.4. The number of ether oxygens (including phenoxy) is 1. The summed E-state index contributed by atoms with van der Waals surface area (Å²) in [7, 11) is 0. The van der Waals surface area contributed by atoms with Gasteiger partial charge in [0.15, 0.2) is 0 Å². The van der Waals surface area contributed by atoms with E-state index in [0.717, 1.165) is 0 Å². The van der Waals surface area contributed by atoms with Crippen molar-refractivity contribution >= 4 is 23.6 Å². The molecule has 0 aliphatic rings. The third kappa shape index (κ3) is 3.58. The Morgan fingerprint density at radius 3 is 3.07 bits per heavy atom. The van der Waals surface area contributed by atoms with E-state index in [4.69, 9.17) is 16.3 Å². The van der Waals surface area contributed by atoms with Gasteiger partial charge < -0.3 is 4.74 Å². The van der Waals surface area contributed by atoms with Gasteiger partial charge in [-0.25, -0.2) is 9.78 Å². The summed E-state index contributed by atoms with van der Waals surface area (Å²) in [6.45, 7) is 2.12. The molecule has 0 fully saturated rings. The molecule has 0 aromatic carbocycles. The van der Waals surface area contributed by atoms with Gasteiger partial charge in [-0.1, -0.05) is 17.7 Å². The van der Waals surface area contributed by atoms with Gasteiger partial charge in [0.05, 0.1) is 12.3 Å². The fraction of sp³-hybridized carbons (Fsp3) is 0.200. The van der Waals surface area contributed by atoms with Gasteiger partial charge in [-0.2, -0.15) is 0 Å². The van der Waals surface area contributed by atoms with E-state index < -0.39 is 0 Å². The first-order valence-corrected chi connectivity index (χ1v) is 4.57. The van der Waals surface area contributed by atoms with Crippen LogP contribution in [0.25, 0.3) is 6.08 Å². The lowest BCUT2D eigenvalue weighted by molar-refractivity contribution is -0.137. The number of nitrogens with zero attached hydrogens (tertiary/aromatic N) is 1. The molecular weight excluding hydrogens is 202 g/mol. The summed E-state index contributed by atoms with van der Waals surface area (Å²) in [6.07, 6.45) is 2.88. The predicted octanol–water partition coefficient (Wildman–Crippen LogP) is 2.31. The lowest BCUT2D eigenvalue weighted by Crippen LogP contribution is -1.98. The van der Waals surface area contributed by atoms with Crippen molar-refractivity contribution in [3.63, 3.8) is 0 Å². The number of carbonyl (C=O) groups excluding carboxylic acids is 1. The Labute approximate surface area is 87.4 Å². The molecule has 0 spiro atoms. The van der Waals surface area contributed by atoms with Crippen molar-refractivity contribution in [1.29, 1.82) is 0 Å². The average molecular weight is 212 g/mol. The highest BCUT2D eigenvalue weighted by atomic mass is 35.5. The SMILES string of the molecule is CCOC(=O)C=Cc1cccc(Cl)n1. The lowest BCUT2D eigenvalue weighted by Gasteiger charge is -1.95. The number of aromatic nitrogens is 1. The van der Waals surface area contributed by atoms with Crippen molar-refractivity contribution in [2.24, 2.45) is 0 Å². The van der Waals surface area contributed by atoms with E-state index in [0.29, 0.717) is 17.5 Å². The highest BCUT2D eigenvalue weighted by Gasteiger charge is 1.95. The first kappa shape index (κ1) is 10.7. The molecule has 0 N–H and O–H groups in total. The molecule has 0 radical (unpaired) electrons. The smallest absolute Gasteiger partial charge is 0.330 e. The van der Waals surface area contributed by atoms with Gasteiger partial charge in [-0.05, 0) is 25.1 Å². The molecule has 74 valence electrons. The molecule has 0 aliphatic carbocycles. The zero-order valence-corrected chi connectivity index (χ0v) is 8.49. The maximum atomic E-state index is 10.9. The third-order valence-corrected chi connectivity index (χ3v) is 1.62. The van der Waals surface area contributed by atoms with Crippen molar-refractivity contribution in [3.05, 3.63) is 35.1 Å². The molecular formula is C10H10ClNO2. The normalized spacial score (nSPS) is 10.4. The minimum Gasteiger partial charge on any atom is -0.463 e. The summed E-state index contributed by atoms with van der Waals surface area (Å²) in [5.74, 6) is -0.380. The van der Waals surface area contributed by atoms with Crippen LogP contribution in [0.4, 0.5) is 0 Å². The first-order valence-electron chi connectivity index (χ1n) is 4.19. The van der Waals surface area contributed by atoms with Crippen molar-refractivity contribution in [1.82, 2.24) is 4.98 Å². The minimum atomic E-state index is -0.380. The van der Waals surface area contributed by atoms with Crippen LogP contribution in [0.5, 0.6) is 0 Å². The van der Waals surface area contributed by atoms with Gasteiger partial charge in [0.1, 0.15) is 5.15 Å². The zero-order valence-electron chi connectivity index (χ0n) is 7.74. The predicted molar refractivity (Wildman–Crippen MR) is 54.9 cm³/mol. The molecule has 1 aromatic heterocycles. The van der Waals surface area contributed by atoms with Crippen LogP contribution in [0.1, 0.15) is 12.6 Å². The largest absolute Gasteiger partial charge is 0.463 e. The average Bonchev–Trinajstić information content (AvgIpc) is 2.15. The number of hydrogen-bond donors (Lipinski definition) is 0. The van der Waals surface area contributed by atoms with Crippen LogP contribution in [-0.2, 0) is 9.53 Å². The summed E-state index contributed by atoms with van der Waals surface area (Å²) in [4.78, 5) is 14.9. The fourth-order valence-electron chi connectivity index (χ4n) is 0.861. The molecule has 0 amide bonds. The van der Waals surface area contributed by atoms with Crippen molar-refractivity contribution in [2.75, 3.05) is 6.61 Å². The van der Waals surface area contributed by atoms with E-state index in [9.17, 15) is 4.79 Å². The van der Waals surface area contributed by atoms with E-state index in [1.165, 1.54) is 6.08 Å². The Morgan fingerprint density at radius 1 is 1.64 bits per heavy atom. The Morgan fingerprint density at radius 2 is 2.43 bits per heavy atom. The molecule has 0 bridgehead atoms. The maximum absolute atomic E-state index is 10.9. The topological polar surface area (TPSA) is 39.2 Å². The van der Waals surface area contributed by atoms with Crippen LogP contribution in [0, 0.1) is 0 Å². The van der Waals surface area contributed by atoms with Gasteiger partial charge in [-0.15, -0.1) is 0 Å². The van der Waals surface area contributed by atoms with Crippen LogP contribution >= 0.6 is 11.6 Å². The summed E-state index contributed by atoms with van der Waals surface area (Å²) < 4.78 is 4.71. The molecule has 1 heterocycles. The van der Waals surface area contributed by atoms with Crippen LogP contribution in [0.3, 0.4) is 0 Å². The molecule has 0 atom stereocenters. The molecule has 0 saturated carbocycles. The minimum absolute atomic E-state index is 0.367. The summed E-state index contributed by atoms with van der Waals surface area (Å²) in [5, 5.41) is 0.399. The van der Waals surface area contributed by atoms with Gasteiger partial charge in [-0.3, -0.25) is 0 Å². The summed E-state index contributed by atoms with van der Waals surface area (Å²) in [6, 6.07) is 5.19. The van der Waals surface area contributed by atoms with Gasteiger partial charge in [0.25, 0.3) is 0 Å². The van der Waals surface area contributed by atoms with Gasteiger partial charge >= 0.3 is 5.97 Å². The van der Waals surface area contributed by atoms with Gasteiger partial charge in [0.2, 0.25) is 0 Å². The van der Waals surface area contributed by atoms with Crippen LogP contribution < -0.4 is 0 Å². The molecule has 4 heteroatoms. The van der Waals surface area contributed by atoms with Crippen molar-refractivity contribution < 1.29 is 9.53 Å². The molecule has 14 heavy (non-hydrogen) atoms. The third-order valence-electron chi connectivity index (χ3n) is 1.41. The molecule has 0 aliphatic heterocycles. The Hall–Kier alpha value is -1.35. The summed E-state index contributed by atoms with van der Waals surface area (Å²) in [5.41, 5.74) is 0.630. The maximum Gasteiger partial charge on any atom is 0.330 e. The van der Waals surface area contributed by atoms with E-state index in [2.05, 4.69) is 4.98 Å². The highest BCUT2D eigenvalue weighted by Crippen LogP contribution is 2.06. The fourth-order valence-corrected chi connectivity index (χ4v) is 1.03. The number of rotatable bonds is 3. The lowest BCUT2D eigenvalue weighted by atomic mass is 10.3. The molecule has 1 aromatic rings. The van der Waals surface area contributed by atoms with Crippen LogP contribution in [0.2, 0.25) is 5.15 Å². The molecule has 3 nitrogen and oxygen atoms in total. The van der Waals surface area contributed by atoms with Crippen molar-refractivity contribution in [3.8, 4) is 0 Å². The van der Waals surface area contributed by atoms with E-state index in [1.807, 2.05) is 0 Å². The molecule has 0 saturated heterocycles. The van der Waals surface area contributed by atoms with E-state index in [-0.39, 0.29) is 5.97 Å². The highest BCUT2D eigenvalue weighted by molar-refractivity contribution is 6.29. The van der Waals surface area contributed by atoms with Gasteiger partial charge in [0, 0.05) is 6.08 Å². The Balaban J connectivity index is 2.64. The van der Waals surface area contributed by atoms with Crippen LogP contribution in [0.15, 0.2) is 24.3 Å². The molecule has 1 rings (SSSR count). The number of carbonyl (C=O) groups is 1. The van der Waals surface area contributed by atoms with Crippen LogP contribution in [-0.4, -0.2) is 17.6 Å². The Bertz CT molecular complexity index is 350. The standard InChI is InChI=1S/C10H10ClNO2/c1-2-14-10(13)7-6-8-4-3-5-9(11)12-8/h3-7H,2H2,1H3. The second kappa shape index (κ2) is 5.40. The first-order chi connectivity index (χ1) is 6.72. The van der Waals surface area contributed by atoms with E-state index in [1.54, 1.807) is 31.2 Å². The second-order valence-corrected chi connectivity index (χ2v) is 2.86. The number of esters is 1. The number of pyridine rings is 1. The Kier molecular flexibility index (Phi) is 4.13. The summed E-state index contributed by atoms with van der Waals surface area (Å²) >= 11 is 5.66. The monoisotopic (exact) mass is 211 g/mol. The quantitative estimate of drug-likeness (QED) is 0.438. The molecule has 0 unspecified atom stereocenters. The second-order valence-electron chi connectivity index (χ2n) is 2.47. The number of hydrogen-bond acceptors (Lipinski definition) is 3. The van der Waals surface area contributed by atoms with E-state index >= 15 is 0 Å². The van der Waals surface area contributed by atoms with Crippen molar-refractivity contribution in [2.45, 2.75) is 6.92 Å².